The second kappa shape index (κ2) is 11.1. The monoisotopic (exact) mass is 490 g/mol. The van der Waals surface area contributed by atoms with Gasteiger partial charge in [0.25, 0.3) is 5.91 Å². The second-order valence-corrected chi connectivity index (χ2v) is 9.33. The quantitative estimate of drug-likeness (QED) is 0.413. The van der Waals surface area contributed by atoms with Crippen molar-refractivity contribution < 1.29 is 14.6 Å². The molecule has 3 atom stereocenters. The van der Waals surface area contributed by atoms with E-state index in [0.29, 0.717) is 12.2 Å². The Labute approximate surface area is 212 Å². The third-order valence-electron chi connectivity index (χ3n) is 6.36. The molecule has 1 aromatic carbocycles. The highest BCUT2D eigenvalue weighted by Crippen LogP contribution is 2.28. The standard InChI is InChI=1S/C27H34N6O3/c1-5-29-26-19(3)33(12-13-36-26)24-15-23(30-17-31-24)22-14-20(7-6-18(22)2)16-27(4,35)32-25(34)21-8-10-28-11-9-21/h6-11,14-15,17,19,26,29,35H,5,12-13,16H2,1-4H3,(H,32,34)/t19-,26-,27-/m0/s1. The Bertz CT molecular complexity index is 1190. The van der Waals surface area contributed by atoms with E-state index in [1.54, 1.807) is 37.8 Å². The van der Waals surface area contributed by atoms with E-state index in [-0.39, 0.29) is 24.6 Å². The fraction of sp³-hybridized carbons (Fsp3) is 0.407. The Morgan fingerprint density at radius 3 is 2.75 bits per heavy atom. The SMILES string of the molecule is CCN[C@H]1OCCN(c2cc(-c3cc(C[C@](C)(O)NC(=O)c4ccncc4)ccc3C)ncn2)[C@H]1C. The van der Waals surface area contributed by atoms with Crippen LogP contribution in [0, 0.1) is 6.92 Å². The number of carbonyl (C=O) groups excluding carboxylic acids is 1. The zero-order valence-electron chi connectivity index (χ0n) is 21.2. The first-order valence-corrected chi connectivity index (χ1v) is 12.3. The number of hydrogen-bond acceptors (Lipinski definition) is 8. The highest BCUT2D eigenvalue weighted by Gasteiger charge is 2.29. The molecule has 3 N–H and O–H groups in total. The predicted octanol–water partition coefficient (Wildman–Crippen LogP) is 2.69. The molecule has 9 nitrogen and oxygen atoms in total. The average Bonchev–Trinajstić information content (AvgIpc) is 2.87. The number of pyridine rings is 1. The van der Waals surface area contributed by atoms with Crippen LogP contribution in [-0.2, 0) is 11.2 Å². The third kappa shape index (κ3) is 6.04. The molecule has 0 unspecified atom stereocenters. The molecule has 1 fully saturated rings. The van der Waals surface area contributed by atoms with Crippen LogP contribution in [0.5, 0.6) is 0 Å². The summed E-state index contributed by atoms with van der Waals surface area (Å²) in [6.07, 6.45) is 4.86. The molecule has 9 heteroatoms. The van der Waals surface area contributed by atoms with Gasteiger partial charge in [-0.1, -0.05) is 19.1 Å². The van der Waals surface area contributed by atoms with Gasteiger partial charge in [0.15, 0.2) is 0 Å². The number of aliphatic hydroxyl groups is 1. The van der Waals surface area contributed by atoms with E-state index < -0.39 is 5.72 Å². The fourth-order valence-electron chi connectivity index (χ4n) is 4.51. The summed E-state index contributed by atoms with van der Waals surface area (Å²) in [6.45, 7) is 10.0. The molecule has 1 aliphatic rings. The van der Waals surface area contributed by atoms with E-state index >= 15 is 0 Å². The van der Waals surface area contributed by atoms with Gasteiger partial charge < -0.3 is 20.1 Å². The summed E-state index contributed by atoms with van der Waals surface area (Å²) < 4.78 is 5.88. The molecule has 0 radical (unpaired) electrons. The lowest BCUT2D eigenvalue weighted by atomic mass is 9.97. The molecule has 190 valence electrons. The maximum absolute atomic E-state index is 12.5. The molecular weight excluding hydrogens is 456 g/mol. The van der Waals surface area contributed by atoms with Crippen LogP contribution in [-0.4, -0.2) is 63.7 Å². The van der Waals surface area contributed by atoms with Crippen molar-refractivity contribution >= 4 is 11.7 Å². The molecule has 3 heterocycles. The Morgan fingerprint density at radius 1 is 1.22 bits per heavy atom. The number of benzene rings is 1. The molecule has 1 saturated heterocycles. The van der Waals surface area contributed by atoms with E-state index in [1.165, 1.54) is 0 Å². The Hall–Kier alpha value is -3.40. The van der Waals surface area contributed by atoms with Gasteiger partial charge in [-0.25, -0.2) is 9.97 Å². The number of likely N-dealkylation sites (N-methyl/N-ethyl adjacent to an activating group) is 1. The van der Waals surface area contributed by atoms with Gasteiger partial charge in [-0.05, 0) is 56.6 Å². The molecule has 36 heavy (non-hydrogen) atoms. The number of hydrogen-bond donors (Lipinski definition) is 3. The number of rotatable bonds is 8. The van der Waals surface area contributed by atoms with Crippen molar-refractivity contribution in [1.29, 1.82) is 0 Å². The van der Waals surface area contributed by atoms with Gasteiger partial charge in [-0.3, -0.25) is 15.1 Å². The number of nitrogens with one attached hydrogen (secondary N) is 2. The van der Waals surface area contributed by atoms with Crippen molar-refractivity contribution in [2.75, 3.05) is 24.6 Å². The van der Waals surface area contributed by atoms with Crippen LogP contribution in [0.15, 0.2) is 55.1 Å². The van der Waals surface area contributed by atoms with Crippen LogP contribution in [0.3, 0.4) is 0 Å². The molecule has 2 aromatic heterocycles. The van der Waals surface area contributed by atoms with E-state index in [4.69, 9.17) is 4.74 Å². The minimum Gasteiger partial charge on any atom is -0.371 e. The summed E-state index contributed by atoms with van der Waals surface area (Å²) in [7, 11) is 0. The van der Waals surface area contributed by atoms with Crippen molar-refractivity contribution in [3.05, 3.63) is 71.8 Å². The van der Waals surface area contributed by atoms with E-state index in [9.17, 15) is 9.90 Å². The van der Waals surface area contributed by atoms with Crippen LogP contribution in [0.4, 0.5) is 5.82 Å². The van der Waals surface area contributed by atoms with Crippen molar-refractivity contribution in [3.8, 4) is 11.3 Å². The van der Waals surface area contributed by atoms with E-state index in [2.05, 4.69) is 44.3 Å². The van der Waals surface area contributed by atoms with Crippen molar-refractivity contribution in [3.63, 3.8) is 0 Å². The molecule has 1 amide bonds. The largest absolute Gasteiger partial charge is 0.371 e. The summed E-state index contributed by atoms with van der Waals surface area (Å²) in [5.74, 6) is 0.491. The molecular formula is C27H34N6O3. The van der Waals surface area contributed by atoms with Crippen molar-refractivity contribution in [2.24, 2.45) is 0 Å². The molecule has 1 aliphatic heterocycles. The van der Waals surface area contributed by atoms with Gasteiger partial charge in [-0.2, -0.15) is 0 Å². The average molecular weight is 491 g/mol. The topological polar surface area (TPSA) is 113 Å². The normalized spacial score (nSPS) is 19.5. The van der Waals surface area contributed by atoms with Crippen LogP contribution in [0.25, 0.3) is 11.3 Å². The summed E-state index contributed by atoms with van der Waals surface area (Å²) in [6, 6.07) is 11.3. The van der Waals surface area contributed by atoms with E-state index in [0.717, 1.165) is 41.3 Å². The van der Waals surface area contributed by atoms with Gasteiger partial charge in [0.2, 0.25) is 0 Å². The Morgan fingerprint density at radius 2 is 2.00 bits per heavy atom. The first-order chi connectivity index (χ1) is 17.3. The van der Waals surface area contributed by atoms with E-state index in [1.807, 2.05) is 31.2 Å². The predicted molar refractivity (Wildman–Crippen MR) is 138 cm³/mol. The summed E-state index contributed by atoms with van der Waals surface area (Å²) in [5.41, 5.74) is 2.70. The maximum atomic E-state index is 12.5. The molecule has 0 bridgehead atoms. The molecule has 0 aliphatic carbocycles. The van der Waals surface area contributed by atoms with Crippen LogP contribution >= 0.6 is 0 Å². The highest BCUT2D eigenvalue weighted by atomic mass is 16.5. The van der Waals surface area contributed by atoms with Gasteiger partial charge >= 0.3 is 0 Å². The van der Waals surface area contributed by atoms with Gasteiger partial charge in [-0.15, -0.1) is 0 Å². The summed E-state index contributed by atoms with van der Waals surface area (Å²) >= 11 is 0. The fourth-order valence-corrected chi connectivity index (χ4v) is 4.51. The number of anilines is 1. The lowest BCUT2D eigenvalue weighted by molar-refractivity contribution is -0.00508. The lowest BCUT2D eigenvalue weighted by Gasteiger charge is -2.40. The van der Waals surface area contributed by atoms with Crippen LogP contribution in [0.1, 0.15) is 42.3 Å². The van der Waals surface area contributed by atoms with Gasteiger partial charge in [0.05, 0.1) is 18.3 Å². The van der Waals surface area contributed by atoms with Crippen LogP contribution < -0.4 is 15.5 Å². The number of amides is 1. The number of aromatic nitrogens is 3. The molecule has 4 rings (SSSR count). The Balaban J connectivity index is 1.54. The Kier molecular flexibility index (Phi) is 7.93. The first-order valence-electron chi connectivity index (χ1n) is 12.3. The minimum atomic E-state index is -1.44. The molecule has 0 spiro atoms. The molecule has 3 aromatic rings. The zero-order valence-corrected chi connectivity index (χ0v) is 21.2. The zero-order chi connectivity index (χ0) is 25.7. The minimum absolute atomic E-state index is 0.0585. The third-order valence-corrected chi connectivity index (χ3v) is 6.36. The highest BCUT2D eigenvalue weighted by molar-refractivity contribution is 5.94. The van der Waals surface area contributed by atoms with Gasteiger partial charge in [0.1, 0.15) is 24.1 Å². The first kappa shape index (κ1) is 25.7. The second-order valence-electron chi connectivity index (χ2n) is 9.33. The number of ether oxygens (including phenoxy) is 1. The summed E-state index contributed by atoms with van der Waals surface area (Å²) in [4.78, 5) is 27.8. The number of nitrogens with zero attached hydrogens (tertiary/aromatic N) is 4. The van der Waals surface area contributed by atoms with Gasteiger partial charge in [0, 0.05) is 42.6 Å². The van der Waals surface area contributed by atoms with Crippen molar-refractivity contribution in [1.82, 2.24) is 25.6 Å². The molecule has 0 saturated carbocycles. The number of aryl methyl sites for hydroxylation is 1. The lowest BCUT2D eigenvalue weighted by Crippen LogP contribution is -2.55. The maximum Gasteiger partial charge on any atom is 0.253 e. The smallest absolute Gasteiger partial charge is 0.253 e. The van der Waals surface area contributed by atoms with Crippen molar-refractivity contribution in [2.45, 2.75) is 52.1 Å². The summed E-state index contributed by atoms with van der Waals surface area (Å²) in [5, 5.41) is 17.0. The number of morpholine rings is 1. The van der Waals surface area contributed by atoms with Crippen LogP contribution in [0.2, 0.25) is 0 Å². The number of carbonyl (C=O) groups is 1.